The molecule has 1 N–H and O–H groups in total. The van der Waals surface area contributed by atoms with Gasteiger partial charge in [0.15, 0.2) is 24.1 Å². The van der Waals surface area contributed by atoms with Crippen LogP contribution in [0.3, 0.4) is 0 Å². The Morgan fingerprint density at radius 3 is 2.59 bits per heavy atom. The summed E-state index contributed by atoms with van der Waals surface area (Å²) in [5.74, 6) is -4.74. The highest BCUT2D eigenvalue weighted by Crippen LogP contribution is 2.22. The van der Waals surface area contributed by atoms with Crippen molar-refractivity contribution in [1.29, 1.82) is 0 Å². The van der Waals surface area contributed by atoms with Gasteiger partial charge in [0.1, 0.15) is 5.75 Å². The fraction of sp³-hybridized carbons (Fsp3) is 0.133. The predicted molar refractivity (Wildman–Crippen MR) is 76.6 cm³/mol. The van der Waals surface area contributed by atoms with Crippen molar-refractivity contribution >= 4 is 23.2 Å². The smallest absolute Gasteiger partial charge is 0.262 e. The predicted octanol–water partition coefficient (Wildman–Crippen LogP) is 4.08. The summed E-state index contributed by atoms with van der Waals surface area (Å²) in [6, 6.07) is 6.46. The quantitative estimate of drug-likeness (QED) is 0.858. The molecule has 0 bridgehead atoms. The molecule has 0 fully saturated rings. The highest BCUT2D eigenvalue weighted by atomic mass is 35.5. The number of ether oxygens (including phenoxy) is 1. The van der Waals surface area contributed by atoms with E-state index in [4.69, 9.17) is 16.3 Å². The average Bonchev–Trinajstić information content (AvgIpc) is 2.49. The van der Waals surface area contributed by atoms with Gasteiger partial charge < -0.3 is 10.1 Å². The maximum Gasteiger partial charge on any atom is 0.262 e. The maximum absolute atomic E-state index is 13.4. The van der Waals surface area contributed by atoms with Crippen LogP contribution in [0, 0.1) is 24.4 Å². The number of anilines is 1. The Hall–Kier alpha value is -2.21. The number of hydrogen-bond donors (Lipinski definition) is 1. The average molecular weight is 330 g/mol. The van der Waals surface area contributed by atoms with Crippen LogP contribution in [0.25, 0.3) is 0 Å². The summed E-state index contributed by atoms with van der Waals surface area (Å²) in [6.07, 6.45) is 0. The SMILES string of the molecule is Cc1cc(OCC(=O)Nc2ccc(F)c(F)c2F)ccc1Cl. The summed E-state index contributed by atoms with van der Waals surface area (Å²) in [7, 11) is 0. The van der Waals surface area contributed by atoms with Gasteiger partial charge in [-0.1, -0.05) is 11.6 Å². The Morgan fingerprint density at radius 2 is 1.91 bits per heavy atom. The van der Waals surface area contributed by atoms with Crippen molar-refractivity contribution in [1.82, 2.24) is 0 Å². The van der Waals surface area contributed by atoms with Crippen LogP contribution in [0.4, 0.5) is 18.9 Å². The van der Waals surface area contributed by atoms with Gasteiger partial charge in [0.2, 0.25) is 0 Å². The minimum atomic E-state index is -1.65. The summed E-state index contributed by atoms with van der Waals surface area (Å²) in [5, 5.41) is 2.66. The third-order valence-corrected chi connectivity index (χ3v) is 3.23. The van der Waals surface area contributed by atoms with Gasteiger partial charge in [0.05, 0.1) is 5.69 Å². The molecule has 2 rings (SSSR count). The van der Waals surface area contributed by atoms with E-state index < -0.39 is 35.7 Å². The van der Waals surface area contributed by atoms with Crippen molar-refractivity contribution < 1.29 is 22.7 Å². The third-order valence-electron chi connectivity index (χ3n) is 2.81. The molecule has 0 aromatic heterocycles. The summed E-state index contributed by atoms with van der Waals surface area (Å²) in [6.45, 7) is 1.35. The Kier molecular flexibility index (Phi) is 4.92. The lowest BCUT2D eigenvalue weighted by atomic mass is 10.2. The number of carbonyl (C=O) groups excluding carboxylic acids is 1. The normalized spacial score (nSPS) is 10.4. The van der Waals surface area contributed by atoms with E-state index in [2.05, 4.69) is 5.32 Å². The number of nitrogens with one attached hydrogen (secondary N) is 1. The largest absolute Gasteiger partial charge is 0.484 e. The zero-order valence-corrected chi connectivity index (χ0v) is 12.2. The zero-order valence-electron chi connectivity index (χ0n) is 11.4. The van der Waals surface area contributed by atoms with Crippen LogP contribution in [0.2, 0.25) is 5.02 Å². The van der Waals surface area contributed by atoms with E-state index >= 15 is 0 Å². The lowest BCUT2D eigenvalue weighted by Gasteiger charge is -2.09. The van der Waals surface area contributed by atoms with Gasteiger partial charge in [-0.3, -0.25) is 4.79 Å². The van der Waals surface area contributed by atoms with Gasteiger partial charge >= 0.3 is 0 Å². The number of carbonyl (C=O) groups is 1. The van der Waals surface area contributed by atoms with Crippen molar-refractivity contribution in [2.24, 2.45) is 0 Å². The molecule has 2 aromatic rings. The zero-order chi connectivity index (χ0) is 16.3. The minimum Gasteiger partial charge on any atom is -0.484 e. The molecular formula is C15H11ClF3NO2. The second kappa shape index (κ2) is 6.70. The molecule has 116 valence electrons. The second-order valence-corrected chi connectivity index (χ2v) is 4.88. The van der Waals surface area contributed by atoms with Crippen molar-refractivity contribution in [3.63, 3.8) is 0 Å². The van der Waals surface area contributed by atoms with Crippen LogP contribution in [0.5, 0.6) is 5.75 Å². The fourth-order valence-corrected chi connectivity index (χ4v) is 1.78. The number of amides is 1. The molecule has 0 radical (unpaired) electrons. The molecule has 7 heteroatoms. The van der Waals surface area contributed by atoms with Crippen molar-refractivity contribution in [3.05, 3.63) is 58.4 Å². The summed E-state index contributed by atoms with van der Waals surface area (Å²) < 4.78 is 44.4. The number of hydrogen-bond acceptors (Lipinski definition) is 2. The molecule has 22 heavy (non-hydrogen) atoms. The molecule has 0 heterocycles. The molecule has 0 aliphatic carbocycles. The van der Waals surface area contributed by atoms with E-state index in [1.54, 1.807) is 25.1 Å². The molecule has 0 aliphatic rings. The first-order valence-electron chi connectivity index (χ1n) is 6.21. The summed E-state index contributed by atoms with van der Waals surface area (Å²) >= 11 is 5.85. The highest BCUT2D eigenvalue weighted by molar-refractivity contribution is 6.31. The van der Waals surface area contributed by atoms with Gasteiger partial charge in [0.25, 0.3) is 5.91 Å². The number of aryl methyl sites for hydroxylation is 1. The monoisotopic (exact) mass is 329 g/mol. The van der Waals surface area contributed by atoms with Crippen LogP contribution in [0.1, 0.15) is 5.56 Å². The number of halogens is 4. The first kappa shape index (κ1) is 16.2. The Bertz CT molecular complexity index is 722. The van der Waals surface area contributed by atoms with E-state index in [1.807, 2.05) is 0 Å². The van der Waals surface area contributed by atoms with Crippen LogP contribution < -0.4 is 10.1 Å². The molecule has 0 aliphatic heterocycles. The van der Waals surface area contributed by atoms with Gasteiger partial charge in [0, 0.05) is 5.02 Å². The van der Waals surface area contributed by atoms with E-state index in [9.17, 15) is 18.0 Å². The molecule has 1 amide bonds. The minimum absolute atomic E-state index is 0.405. The molecule has 3 nitrogen and oxygen atoms in total. The molecule has 2 aromatic carbocycles. The second-order valence-electron chi connectivity index (χ2n) is 4.47. The Balaban J connectivity index is 1.99. The maximum atomic E-state index is 13.4. The van der Waals surface area contributed by atoms with Gasteiger partial charge in [-0.05, 0) is 42.8 Å². The Labute approximate surface area is 129 Å². The Morgan fingerprint density at radius 1 is 1.18 bits per heavy atom. The number of benzene rings is 2. The standard InChI is InChI=1S/C15H11ClF3NO2/c1-8-6-9(2-3-10(8)16)22-7-13(21)20-12-5-4-11(17)14(18)15(12)19/h2-6H,7H2,1H3,(H,20,21). The van der Waals surface area contributed by atoms with E-state index in [1.165, 1.54) is 0 Å². The molecule has 0 saturated heterocycles. The molecule has 0 spiro atoms. The van der Waals surface area contributed by atoms with Crippen LogP contribution in [-0.4, -0.2) is 12.5 Å². The lowest BCUT2D eigenvalue weighted by molar-refractivity contribution is -0.118. The molecule has 0 atom stereocenters. The van der Waals surface area contributed by atoms with Gasteiger partial charge in [-0.15, -0.1) is 0 Å². The molecule has 0 unspecified atom stereocenters. The third kappa shape index (κ3) is 3.71. The topological polar surface area (TPSA) is 38.3 Å². The van der Waals surface area contributed by atoms with Gasteiger partial charge in [-0.25, -0.2) is 13.2 Å². The first-order valence-corrected chi connectivity index (χ1v) is 6.58. The van der Waals surface area contributed by atoms with Crippen molar-refractivity contribution in [2.45, 2.75) is 6.92 Å². The summed E-state index contributed by atoms with van der Waals surface area (Å²) in [4.78, 5) is 11.6. The van der Waals surface area contributed by atoms with E-state index in [0.717, 1.165) is 17.7 Å². The first-order chi connectivity index (χ1) is 10.4. The van der Waals surface area contributed by atoms with Crippen LogP contribution in [-0.2, 0) is 4.79 Å². The van der Waals surface area contributed by atoms with Crippen molar-refractivity contribution in [2.75, 3.05) is 11.9 Å². The molecular weight excluding hydrogens is 319 g/mol. The molecule has 0 saturated carbocycles. The number of rotatable bonds is 4. The van der Waals surface area contributed by atoms with E-state index in [-0.39, 0.29) is 0 Å². The fourth-order valence-electron chi connectivity index (χ4n) is 1.66. The van der Waals surface area contributed by atoms with Gasteiger partial charge in [-0.2, -0.15) is 0 Å². The lowest BCUT2D eigenvalue weighted by Crippen LogP contribution is -2.21. The summed E-state index contributed by atoms with van der Waals surface area (Å²) in [5.41, 5.74) is 0.311. The van der Waals surface area contributed by atoms with Crippen molar-refractivity contribution in [3.8, 4) is 5.75 Å². The van der Waals surface area contributed by atoms with Crippen LogP contribution >= 0.6 is 11.6 Å². The highest BCUT2D eigenvalue weighted by Gasteiger charge is 2.15. The van der Waals surface area contributed by atoms with Crippen LogP contribution in [0.15, 0.2) is 30.3 Å². The van der Waals surface area contributed by atoms with E-state index in [0.29, 0.717) is 10.8 Å².